The molecule has 0 unspecified atom stereocenters. The van der Waals surface area contributed by atoms with E-state index >= 15 is 0 Å². The van der Waals surface area contributed by atoms with Crippen molar-refractivity contribution < 1.29 is 9.53 Å². The molecule has 0 saturated heterocycles. The Bertz CT molecular complexity index is 659. The lowest BCUT2D eigenvalue weighted by Gasteiger charge is -2.21. The van der Waals surface area contributed by atoms with E-state index in [4.69, 9.17) is 27.9 Å². The third-order valence-corrected chi connectivity index (χ3v) is 3.75. The van der Waals surface area contributed by atoms with Crippen LogP contribution in [0.25, 0.3) is 0 Å². The summed E-state index contributed by atoms with van der Waals surface area (Å²) >= 11 is 12.0. The van der Waals surface area contributed by atoms with Crippen LogP contribution in [0.5, 0.6) is 5.75 Å². The van der Waals surface area contributed by atoms with Crippen LogP contribution in [0.3, 0.4) is 0 Å². The van der Waals surface area contributed by atoms with Crippen LogP contribution in [0.15, 0.2) is 61.2 Å². The van der Waals surface area contributed by atoms with Crippen molar-refractivity contribution in [1.29, 1.82) is 0 Å². The molecule has 0 saturated carbocycles. The molecule has 0 aliphatic rings. The van der Waals surface area contributed by atoms with Crippen molar-refractivity contribution in [3.63, 3.8) is 0 Å². The molecule has 0 aromatic heterocycles. The van der Waals surface area contributed by atoms with E-state index in [1.165, 1.54) is 0 Å². The van der Waals surface area contributed by atoms with Gasteiger partial charge in [0.1, 0.15) is 10.8 Å². The molecule has 0 heterocycles. The van der Waals surface area contributed by atoms with Crippen molar-refractivity contribution in [2.75, 3.05) is 18.1 Å². The molecule has 5 heteroatoms. The number of hydrogen-bond acceptors (Lipinski definition) is 2. The zero-order chi connectivity index (χ0) is 15.9. The fourth-order valence-corrected chi connectivity index (χ4v) is 2.25. The Morgan fingerprint density at radius 2 is 1.86 bits per heavy atom. The van der Waals surface area contributed by atoms with Crippen LogP contribution in [-0.4, -0.2) is 19.1 Å². The normalized spacial score (nSPS) is 10.1. The van der Waals surface area contributed by atoms with E-state index in [9.17, 15) is 4.79 Å². The number of carbonyl (C=O) groups excluding carboxylic acids is 1. The van der Waals surface area contributed by atoms with Gasteiger partial charge in [-0.05, 0) is 24.3 Å². The standard InChI is InChI=1S/C17H15Cl2NO2/c1-2-11-20(13-7-4-3-5-8-13)16(21)12-22-15-10-6-9-14(18)17(15)19/h2-10H,1,11-12H2. The Morgan fingerprint density at radius 1 is 1.14 bits per heavy atom. The van der Waals surface area contributed by atoms with Crippen molar-refractivity contribution in [3.05, 3.63) is 71.2 Å². The van der Waals surface area contributed by atoms with Gasteiger partial charge in [-0.3, -0.25) is 4.79 Å². The molecule has 0 N–H and O–H groups in total. The molecule has 2 aromatic rings. The maximum absolute atomic E-state index is 12.4. The summed E-state index contributed by atoms with van der Waals surface area (Å²) in [4.78, 5) is 14.0. The summed E-state index contributed by atoms with van der Waals surface area (Å²) in [7, 11) is 0. The first kappa shape index (κ1) is 16.4. The molecule has 114 valence electrons. The highest BCUT2D eigenvalue weighted by Gasteiger charge is 2.16. The molecular formula is C17H15Cl2NO2. The molecule has 1 amide bonds. The first-order chi connectivity index (χ1) is 10.6. The Hall–Kier alpha value is -1.97. The first-order valence-electron chi connectivity index (χ1n) is 6.66. The van der Waals surface area contributed by atoms with Crippen molar-refractivity contribution >= 4 is 34.8 Å². The number of amides is 1. The lowest BCUT2D eigenvalue weighted by molar-refractivity contribution is -0.120. The van der Waals surface area contributed by atoms with Gasteiger partial charge >= 0.3 is 0 Å². The van der Waals surface area contributed by atoms with Crippen molar-refractivity contribution in [2.45, 2.75) is 0 Å². The van der Waals surface area contributed by atoms with Gasteiger partial charge in [0, 0.05) is 12.2 Å². The Kier molecular flexibility index (Phi) is 5.87. The molecule has 0 bridgehead atoms. The van der Waals surface area contributed by atoms with Gasteiger partial charge in [0.2, 0.25) is 0 Å². The second kappa shape index (κ2) is 7.87. The monoisotopic (exact) mass is 335 g/mol. The quantitative estimate of drug-likeness (QED) is 0.722. The number of carbonyl (C=O) groups is 1. The maximum atomic E-state index is 12.4. The van der Waals surface area contributed by atoms with Gasteiger partial charge in [0.05, 0.1) is 5.02 Å². The third-order valence-electron chi connectivity index (χ3n) is 2.95. The largest absolute Gasteiger partial charge is 0.482 e. The molecule has 22 heavy (non-hydrogen) atoms. The molecule has 0 aliphatic heterocycles. The highest BCUT2D eigenvalue weighted by molar-refractivity contribution is 6.42. The first-order valence-corrected chi connectivity index (χ1v) is 7.42. The zero-order valence-electron chi connectivity index (χ0n) is 11.8. The van der Waals surface area contributed by atoms with Crippen LogP contribution in [0.4, 0.5) is 5.69 Å². The Morgan fingerprint density at radius 3 is 2.55 bits per heavy atom. The topological polar surface area (TPSA) is 29.5 Å². The van der Waals surface area contributed by atoms with Gasteiger partial charge in [0.25, 0.3) is 5.91 Å². The maximum Gasteiger partial charge on any atom is 0.265 e. The summed E-state index contributed by atoms with van der Waals surface area (Å²) < 4.78 is 5.49. The van der Waals surface area contributed by atoms with Crippen molar-refractivity contribution in [2.24, 2.45) is 0 Å². The highest BCUT2D eigenvalue weighted by Crippen LogP contribution is 2.31. The highest BCUT2D eigenvalue weighted by atomic mass is 35.5. The van der Waals surface area contributed by atoms with Crippen LogP contribution < -0.4 is 9.64 Å². The van der Waals surface area contributed by atoms with E-state index < -0.39 is 0 Å². The summed E-state index contributed by atoms with van der Waals surface area (Å²) in [6.45, 7) is 3.94. The summed E-state index contributed by atoms with van der Waals surface area (Å²) in [5.41, 5.74) is 0.785. The van der Waals surface area contributed by atoms with E-state index in [1.54, 1.807) is 29.2 Å². The van der Waals surface area contributed by atoms with Crippen LogP contribution in [-0.2, 0) is 4.79 Å². The van der Waals surface area contributed by atoms with Crippen LogP contribution >= 0.6 is 23.2 Å². The average molecular weight is 336 g/mol. The third kappa shape index (κ3) is 4.03. The Labute approximate surface area is 139 Å². The number of halogens is 2. The molecule has 3 nitrogen and oxygen atoms in total. The van der Waals surface area contributed by atoms with Gasteiger partial charge in [-0.25, -0.2) is 0 Å². The van der Waals surface area contributed by atoms with E-state index in [-0.39, 0.29) is 12.5 Å². The molecule has 2 rings (SSSR count). The number of rotatable bonds is 6. The lowest BCUT2D eigenvalue weighted by Crippen LogP contribution is -2.35. The van der Waals surface area contributed by atoms with E-state index in [1.807, 2.05) is 30.3 Å². The molecule has 0 aliphatic carbocycles. The predicted octanol–water partition coefficient (Wildman–Crippen LogP) is 4.59. The summed E-state index contributed by atoms with van der Waals surface area (Å²) in [6.07, 6.45) is 1.66. The summed E-state index contributed by atoms with van der Waals surface area (Å²) in [5, 5.41) is 0.685. The fraction of sp³-hybridized carbons (Fsp3) is 0.118. The molecule has 0 fully saturated rings. The van der Waals surface area contributed by atoms with Gasteiger partial charge in [-0.15, -0.1) is 6.58 Å². The van der Waals surface area contributed by atoms with Gasteiger partial charge in [0.15, 0.2) is 6.61 Å². The molecule has 0 atom stereocenters. The smallest absolute Gasteiger partial charge is 0.265 e. The van der Waals surface area contributed by atoms with Crippen LogP contribution in [0, 0.1) is 0 Å². The Balaban J connectivity index is 2.09. The SMILES string of the molecule is C=CCN(C(=O)COc1cccc(Cl)c1Cl)c1ccccc1. The van der Waals surface area contributed by atoms with Gasteiger partial charge in [-0.1, -0.05) is 53.5 Å². The lowest BCUT2D eigenvalue weighted by atomic mass is 10.3. The average Bonchev–Trinajstić information content (AvgIpc) is 2.54. The van der Waals surface area contributed by atoms with Crippen molar-refractivity contribution in [1.82, 2.24) is 0 Å². The summed E-state index contributed by atoms with van der Waals surface area (Å²) in [5.74, 6) is 0.191. The number of para-hydroxylation sites is 1. The number of ether oxygens (including phenoxy) is 1. The molecule has 0 radical (unpaired) electrons. The van der Waals surface area contributed by atoms with Crippen molar-refractivity contribution in [3.8, 4) is 5.75 Å². The van der Waals surface area contributed by atoms with Gasteiger partial charge in [-0.2, -0.15) is 0 Å². The molecular weight excluding hydrogens is 321 g/mol. The fourth-order valence-electron chi connectivity index (χ4n) is 1.90. The second-order valence-corrected chi connectivity index (χ2v) is 5.25. The van der Waals surface area contributed by atoms with E-state index in [0.717, 1.165) is 5.69 Å². The minimum absolute atomic E-state index is 0.136. The number of hydrogen-bond donors (Lipinski definition) is 0. The van der Waals surface area contributed by atoms with E-state index in [0.29, 0.717) is 22.3 Å². The van der Waals surface area contributed by atoms with Crippen LogP contribution in [0.2, 0.25) is 10.0 Å². The molecule has 0 spiro atoms. The second-order valence-electron chi connectivity index (χ2n) is 4.47. The van der Waals surface area contributed by atoms with Crippen LogP contribution in [0.1, 0.15) is 0 Å². The summed E-state index contributed by atoms with van der Waals surface area (Å²) in [6, 6.07) is 14.4. The zero-order valence-corrected chi connectivity index (χ0v) is 13.3. The van der Waals surface area contributed by atoms with E-state index in [2.05, 4.69) is 6.58 Å². The number of anilines is 1. The molecule has 2 aromatic carbocycles. The van der Waals surface area contributed by atoms with Gasteiger partial charge < -0.3 is 9.64 Å². The number of nitrogens with zero attached hydrogens (tertiary/aromatic N) is 1. The predicted molar refractivity (Wildman–Crippen MR) is 90.9 cm³/mol. The minimum Gasteiger partial charge on any atom is -0.482 e. The number of benzene rings is 2. The minimum atomic E-state index is -0.192.